The summed E-state index contributed by atoms with van der Waals surface area (Å²) in [4.78, 5) is 0. The highest BCUT2D eigenvalue weighted by molar-refractivity contribution is 4.74. The number of ether oxygens (including phenoxy) is 7. The van der Waals surface area contributed by atoms with Crippen LogP contribution < -0.4 is 0 Å². The van der Waals surface area contributed by atoms with E-state index in [0.29, 0.717) is 59.5 Å². The third kappa shape index (κ3) is 6.98. The van der Waals surface area contributed by atoms with E-state index in [0.717, 1.165) is 0 Å². The highest BCUT2D eigenvalue weighted by Crippen LogP contribution is 2.17. The topological polar surface area (TPSA) is 91.4 Å². The van der Waals surface area contributed by atoms with E-state index >= 15 is 0 Å². The molecule has 3 fully saturated rings. The van der Waals surface area contributed by atoms with Crippen LogP contribution in [0.15, 0.2) is 0 Å². The van der Waals surface area contributed by atoms with Gasteiger partial charge in [0.1, 0.15) is 25.4 Å². The average Bonchev–Trinajstić information content (AvgIpc) is 3.41. The summed E-state index contributed by atoms with van der Waals surface area (Å²) in [6.07, 6.45) is 0.212. The fraction of sp³-hybridized carbons (Fsp3) is 1.00. The van der Waals surface area contributed by atoms with E-state index in [4.69, 9.17) is 33.2 Å². The predicted molar refractivity (Wildman–Crippen MR) is 77.1 cm³/mol. The molecule has 0 aromatic rings. The zero-order valence-corrected chi connectivity index (χ0v) is 13.3. The Bertz CT molecular complexity index is 338. The number of aliphatic hydroxyl groups is 1. The summed E-state index contributed by atoms with van der Waals surface area (Å²) >= 11 is 0. The molecule has 0 aromatic carbocycles. The van der Waals surface area contributed by atoms with Crippen molar-refractivity contribution in [2.24, 2.45) is 5.92 Å². The molecule has 1 N–H and O–H groups in total. The largest absolute Gasteiger partial charge is 0.379 e. The van der Waals surface area contributed by atoms with E-state index in [2.05, 4.69) is 0 Å². The van der Waals surface area contributed by atoms with Gasteiger partial charge >= 0.3 is 0 Å². The van der Waals surface area contributed by atoms with Crippen molar-refractivity contribution in [2.75, 3.05) is 72.7 Å². The minimum atomic E-state index is -1.48. The zero-order valence-electron chi connectivity index (χ0n) is 13.3. The van der Waals surface area contributed by atoms with Gasteiger partial charge in [0, 0.05) is 5.92 Å². The van der Waals surface area contributed by atoms with Crippen LogP contribution in [-0.2, 0) is 33.2 Å². The second-order valence-electron chi connectivity index (χ2n) is 6.21. The Morgan fingerprint density at radius 1 is 0.826 bits per heavy atom. The molecule has 3 aliphatic heterocycles. The number of rotatable bonds is 11. The van der Waals surface area contributed by atoms with Gasteiger partial charge in [0.25, 0.3) is 0 Å². The number of hydrogen-bond donors (Lipinski definition) is 1. The fourth-order valence-electron chi connectivity index (χ4n) is 2.20. The quantitative estimate of drug-likeness (QED) is 0.387. The molecule has 3 aliphatic rings. The second-order valence-corrected chi connectivity index (χ2v) is 6.21. The molecule has 3 atom stereocenters. The van der Waals surface area contributed by atoms with E-state index in [1.54, 1.807) is 0 Å². The molecule has 3 rings (SSSR count). The third-order valence-corrected chi connectivity index (χ3v) is 3.73. The molecule has 0 spiro atoms. The van der Waals surface area contributed by atoms with Crippen molar-refractivity contribution >= 4 is 0 Å². The molecule has 0 aliphatic carbocycles. The Morgan fingerprint density at radius 3 is 2.00 bits per heavy atom. The van der Waals surface area contributed by atoms with E-state index in [1.807, 2.05) is 0 Å². The molecule has 3 saturated heterocycles. The van der Waals surface area contributed by atoms with Gasteiger partial charge in [0.2, 0.25) is 5.79 Å². The van der Waals surface area contributed by atoms with Crippen molar-refractivity contribution < 1.29 is 38.3 Å². The lowest BCUT2D eigenvalue weighted by molar-refractivity contribution is -0.259. The van der Waals surface area contributed by atoms with Crippen molar-refractivity contribution in [1.29, 1.82) is 0 Å². The van der Waals surface area contributed by atoms with Crippen molar-refractivity contribution in [3.8, 4) is 0 Å². The summed E-state index contributed by atoms with van der Waals surface area (Å²) in [5, 5.41) is 10.6. The molecule has 8 nitrogen and oxygen atoms in total. The Balaban J connectivity index is 1.37. The molecule has 0 amide bonds. The van der Waals surface area contributed by atoms with Gasteiger partial charge in [-0.15, -0.1) is 0 Å². The fourth-order valence-corrected chi connectivity index (χ4v) is 2.20. The molecule has 3 heterocycles. The van der Waals surface area contributed by atoms with E-state index < -0.39 is 5.79 Å². The van der Waals surface area contributed by atoms with Crippen molar-refractivity contribution in [2.45, 2.75) is 18.0 Å². The van der Waals surface area contributed by atoms with Crippen LogP contribution in [0.2, 0.25) is 0 Å². The van der Waals surface area contributed by atoms with Crippen LogP contribution >= 0.6 is 0 Å². The highest BCUT2D eigenvalue weighted by Gasteiger charge is 2.34. The lowest BCUT2D eigenvalue weighted by Crippen LogP contribution is -2.44. The molecule has 0 aromatic heterocycles. The molecular weight excluding hydrogens is 308 g/mol. The predicted octanol–water partition coefficient (Wildman–Crippen LogP) is -0.815. The maximum absolute atomic E-state index is 10.6. The van der Waals surface area contributed by atoms with Crippen molar-refractivity contribution in [3.05, 3.63) is 0 Å². The summed E-state index contributed by atoms with van der Waals surface area (Å²) in [5.41, 5.74) is 0. The van der Waals surface area contributed by atoms with Gasteiger partial charge in [-0.1, -0.05) is 0 Å². The van der Waals surface area contributed by atoms with Crippen molar-refractivity contribution in [1.82, 2.24) is 0 Å². The second kappa shape index (κ2) is 8.68. The van der Waals surface area contributed by atoms with Gasteiger partial charge in [-0.3, -0.25) is 0 Å². The minimum Gasteiger partial charge on any atom is -0.379 e. The van der Waals surface area contributed by atoms with Crippen LogP contribution in [0.4, 0.5) is 0 Å². The van der Waals surface area contributed by atoms with Crippen molar-refractivity contribution in [3.63, 3.8) is 0 Å². The average molecular weight is 334 g/mol. The van der Waals surface area contributed by atoms with Crippen LogP contribution in [0.5, 0.6) is 0 Å². The summed E-state index contributed by atoms with van der Waals surface area (Å²) in [5.74, 6) is -1.32. The molecule has 0 saturated carbocycles. The SMILES string of the molecule is OC(COCC1COCCOC1)(COCC1CO1)OCC1CO1. The smallest absolute Gasteiger partial charge is 0.213 e. The Hall–Kier alpha value is -0.320. The molecular formula is C15H26O8. The summed E-state index contributed by atoms with van der Waals surface area (Å²) in [6, 6.07) is 0. The van der Waals surface area contributed by atoms with Crippen LogP contribution in [0.1, 0.15) is 0 Å². The minimum absolute atomic E-state index is 0.0295. The number of hydrogen-bond acceptors (Lipinski definition) is 8. The third-order valence-electron chi connectivity index (χ3n) is 3.73. The van der Waals surface area contributed by atoms with Gasteiger partial charge < -0.3 is 38.3 Å². The first kappa shape index (κ1) is 17.5. The highest BCUT2D eigenvalue weighted by atomic mass is 16.7. The molecule has 3 unspecified atom stereocenters. The molecule has 0 bridgehead atoms. The first-order chi connectivity index (χ1) is 11.2. The van der Waals surface area contributed by atoms with Crippen LogP contribution in [-0.4, -0.2) is 95.8 Å². The monoisotopic (exact) mass is 334 g/mol. The Kier molecular flexibility index (Phi) is 6.61. The van der Waals surface area contributed by atoms with Gasteiger partial charge in [0.15, 0.2) is 0 Å². The van der Waals surface area contributed by atoms with E-state index in [-0.39, 0.29) is 31.3 Å². The molecule has 23 heavy (non-hydrogen) atoms. The summed E-state index contributed by atoms with van der Waals surface area (Å²) < 4.78 is 37.7. The first-order valence-corrected chi connectivity index (χ1v) is 8.14. The van der Waals surface area contributed by atoms with Gasteiger partial charge in [-0.25, -0.2) is 0 Å². The maximum Gasteiger partial charge on any atom is 0.213 e. The zero-order chi connectivity index (χ0) is 16.0. The first-order valence-electron chi connectivity index (χ1n) is 8.14. The Labute approximate surface area is 135 Å². The molecule has 134 valence electrons. The normalized spacial score (nSPS) is 30.7. The van der Waals surface area contributed by atoms with Crippen LogP contribution in [0.3, 0.4) is 0 Å². The number of epoxide rings is 2. The molecule has 0 radical (unpaired) electrons. The van der Waals surface area contributed by atoms with E-state index in [9.17, 15) is 5.11 Å². The lowest BCUT2D eigenvalue weighted by Gasteiger charge is -2.28. The Morgan fingerprint density at radius 2 is 1.39 bits per heavy atom. The van der Waals surface area contributed by atoms with Gasteiger partial charge in [-0.2, -0.15) is 0 Å². The summed E-state index contributed by atoms with van der Waals surface area (Å²) in [6.45, 7) is 5.11. The standard InChI is InChI=1S/C15H26O8/c16-15(23-9-14-8-22-14,11-20-6-13-7-21-13)10-19-5-12-3-17-1-2-18-4-12/h12-14,16H,1-11H2. The van der Waals surface area contributed by atoms with Gasteiger partial charge in [0.05, 0.1) is 59.5 Å². The maximum atomic E-state index is 10.6. The van der Waals surface area contributed by atoms with Crippen LogP contribution in [0, 0.1) is 5.92 Å². The summed E-state index contributed by atoms with van der Waals surface area (Å²) in [7, 11) is 0. The van der Waals surface area contributed by atoms with Crippen LogP contribution in [0.25, 0.3) is 0 Å². The lowest BCUT2D eigenvalue weighted by atomic mass is 10.2. The van der Waals surface area contributed by atoms with Gasteiger partial charge in [-0.05, 0) is 0 Å². The van der Waals surface area contributed by atoms with E-state index in [1.165, 1.54) is 0 Å². The molecule has 8 heteroatoms.